The lowest BCUT2D eigenvalue weighted by Crippen LogP contribution is -2.49. The summed E-state index contributed by atoms with van der Waals surface area (Å²) >= 11 is 0. The third-order valence-corrected chi connectivity index (χ3v) is 2.86. The van der Waals surface area contributed by atoms with Crippen molar-refractivity contribution in [3.8, 4) is 0 Å². The smallest absolute Gasteiger partial charge is 0.240 e. The average molecular weight is 199 g/mol. The molecule has 1 fully saturated rings. The number of hydrogen-bond acceptors (Lipinski definition) is 3. The lowest BCUT2D eigenvalue weighted by molar-refractivity contribution is -0.133. The second-order valence-electron chi connectivity index (χ2n) is 4.16. The zero-order chi connectivity index (χ0) is 10.7. The Bertz CT molecular complexity index is 208. The van der Waals surface area contributed by atoms with Crippen LogP contribution in [0.3, 0.4) is 0 Å². The standard InChI is InChI=1S/C10H21N3O/c1-4-13-7-8(2)6-12(3)10(14)9(13)5-11/h8-9H,4-7,11H2,1-3H3. The van der Waals surface area contributed by atoms with E-state index in [1.807, 2.05) is 7.05 Å². The normalized spacial score (nSPS) is 30.6. The molecule has 0 aliphatic carbocycles. The van der Waals surface area contributed by atoms with E-state index in [-0.39, 0.29) is 11.9 Å². The second kappa shape index (κ2) is 4.75. The molecule has 2 unspecified atom stereocenters. The maximum atomic E-state index is 11.9. The summed E-state index contributed by atoms with van der Waals surface area (Å²) in [5.74, 6) is 0.694. The molecule has 0 bridgehead atoms. The number of carbonyl (C=O) groups excluding carboxylic acids is 1. The minimum absolute atomic E-state index is 0.116. The first kappa shape index (κ1) is 11.5. The van der Waals surface area contributed by atoms with Crippen molar-refractivity contribution in [3.63, 3.8) is 0 Å². The first-order valence-corrected chi connectivity index (χ1v) is 5.29. The van der Waals surface area contributed by atoms with Crippen molar-refractivity contribution in [1.29, 1.82) is 0 Å². The van der Waals surface area contributed by atoms with Gasteiger partial charge in [0.15, 0.2) is 0 Å². The Labute approximate surface area is 86.0 Å². The van der Waals surface area contributed by atoms with E-state index in [1.54, 1.807) is 4.90 Å². The Kier molecular flexibility index (Phi) is 3.89. The fraction of sp³-hybridized carbons (Fsp3) is 0.900. The van der Waals surface area contributed by atoms with Gasteiger partial charge in [-0.3, -0.25) is 9.69 Å². The summed E-state index contributed by atoms with van der Waals surface area (Å²) in [5, 5.41) is 0. The number of rotatable bonds is 2. The lowest BCUT2D eigenvalue weighted by atomic mass is 10.1. The molecule has 0 aromatic rings. The van der Waals surface area contributed by atoms with Gasteiger partial charge in [0.2, 0.25) is 5.91 Å². The quantitative estimate of drug-likeness (QED) is 0.667. The molecule has 1 aliphatic heterocycles. The highest BCUT2D eigenvalue weighted by atomic mass is 16.2. The third-order valence-electron chi connectivity index (χ3n) is 2.86. The van der Waals surface area contributed by atoms with Crippen LogP contribution in [0.5, 0.6) is 0 Å². The van der Waals surface area contributed by atoms with Gasteiger partial charge in [-0.15, -0.1) is 0 Å². The summed E-state index contributed by atoms with van der Waals surface area (Å²) in [6.07, 6.45) is 0. The Morgan fingerprint density at radius 3 is 2.64 bits per heavy atom. The molecule has 14 heavy (non-hydrogen) atoms. The van der Waals surface area contributed by atoms with Crippen molar-refractivity contribution >= 4 is 5.91 Å². The highest BCUT2D eigenvalue weighted by molar-refractivity contribution is 5.82. The van der Waals surface area contributed by atoms with Gasteiger partial charge in [-0.25, -0.2) is 0 Å². The van der Waals surface area contributed by atoms with Crippen LogP contribution in [0.2, 0.25) is 0 Å². The highest BCUT2D eigenvalue weighted by Gasteiger charge is 2.31. The van der Waals surface area contributed by atoms with Crippen LogP contribution in [-0.4, -0.2) is 55.0 Å². The molecule has 2 atom stereocenters. The molecule has 82 valence electrons. The number of hydrogen-bond donors (Lipinski definition) is 1. The first-order chi connectivity index (χ1) is 6.60. The van der Waals surface area contributed by atoms with E-state index in [0.29, 0.717) is 12.5 Å². The van der Waals surface area contributed by atoms with Crippen molar-refractivity contribution in [2.24, 2.45) is 11.7 Å². The topological polar surface area (TPSA) is 49.6 Å². The summed E-state index contributed by atoms with van der Waals surface area (Å²) in [7, 11) is 1.86. The van der Waals surface area contributed by atoms with Gasteiger partial charge in [-0.05, 0) is 12.5 Å². The number of amides is 1. The van der Waals surface area contributed by atoms with Crippen molar-refractivity contribution in [3.05, 3.63) is 0 Å². The van der Waals surface area contributed by atoms with E-state index in [1.165, 1.54) is 0 Å². The zero-order valence-electron chi connectivity index (χ0n) is 9.36. The monoisotopic (exact) mass is 199 g/mol. The number of nitrogens with two attached hydrogens (primary N) is 1. The number of nitrogens with zero attached hydrogens (tertiary/aromatic N) is 2. The molecule has 0 radical (unpaired) electrons. The van der Waals surface area contributed by atoms with E-state index < -0.39 is 0 Å². The van der Waals surface area contributed by atoms with Gasteiger partial charge >= 0.3 is 0 Å². The predicted molar refractivity (Wildman–Crippen MR) is 56.9 cm³/mol. The van der Waals surface area contributed by atoms with Crippen LogP contribution in [0.15, 0.2) is 0 Å². The van der Waals surface area contributed by atoms with E-state index in [9.17, 15) is 4.79 Å². The molecule has 1 aliphatic rings. The fourth-order valence-electron chi connectivity index (χ4n) is 2.15. The molecule has 4 heteroatoms. The summed E-state index contributed by atoms with van der Waals surface area (Å²) < 4.78 is 0. The molecule has 1 rings (SSSR count). The minimum atomic E-state index is -0.116. The molecule has 1 heterocycles. The van der Waals surface area contributed by atoms with Gasteiger partial charge < -0.3 is 10.6 Å². The molecule has 1 amide bonds. The molecular weight excluding hydrogens is 178 g/mol. The minimum Gasteiger partial charge on any atom is -0.344 e. The van der Waals surface area contributed by atoms with E-state index in [4.69, 9.17) is 5.73 Å². The fourth-order valence-corrected chi connectivity index (χ4v) is 2.15. The Balaban J connectivity index is 2.81. The maximum Gasteiger partial charge on any atom is 0.240 e. The van der Waals surface area contributed by atoms with E-state index in [0.717, 1.165) is 19.6 Å². The molecule has 1 saturated heterocycles. The van der Waals surface area contributed by atoms with Gasteiger partial charge in [-0.1, -0.05) is 13.8 Å². The van der Waals surface area contributed by atoms with Gasteiger partial charge in [0.25, 0.3) is 0 Å². The van der Waals surface area contributed by atoms with Crippen LogP contribution in [0.25, 0.3) is 0 Å². The summed E-state index contributed by atoms with van der Waals surface area (Å²) in [5.41, 5.74) is 5.65. The predicted octanol–water partition coefficient (Wildman–Crippen LogP) is -0.256. The van der Waals surface area contributed by atoms with E-state index in [2.05, 4.69) is 18.7 Å². The van der Waals surface area contributed by atoms with Crippen LogP contribution in [0.4, 0.5) is 0 Å². The molecule has 2 N–H and O–H groups in total. The van der Waals surface area contributed by atoms with Gasteiger partial charge in [0, 0.05) is 26.7 Å². The summed E-state index contributed by atoms with van der Waals surface area (Å²) in [4.78, 5) is 15.9. The molecule has 0 aromatic heterocycles. The van der Waals surface area contributed by atoms with Crippen molar-refractivity contribution in [1.82, 2.24) is 9.80 Å². The Morgan fingerprint density at radius 2 is 2.14 bits per heavy atom. The van der Waals surface area contributed by atoms with Crippen molar-refractivity contribution in [2.75, 3.05) is 33.2 Å². The highest BCUT2D eigenvalue weighted by Crippen LogP contribution is 2.13. The largest absolute Gasteiger partial charge is 0.344 e. The zero-order valence-corrected chi connectivity index (χ0v) is 9.36. The Morgan fingerprint density at radius 1 is 1.50 bits per heavy atom. The SMILES string of the molecule is CCN1CC(C)CN(C)C(=O)C1CN. The summed E-state index contributed by atoms with van der Waals surface area (Å²) in [6, 6.07) is -0.116. The van der Waals surface area contributed by atoms with Gasteiger partial charge in [0.1, 0.15) is 6.04 Å². The van der Waals surface area contributed by atoms with Gasteiger partial charge in [0.05, 0.1) is 0 Å². The third kappa shape index (κ3) is 2.25. The number of likely N-dealkylation sites (N-methyl/N-ethyl adjacent to an activating group) is 2. The molecule has 0 aromatic carbocycles. The Hall–Kier alpha value is -0.610. The van der Waals surface area contributed by atoms with E-state index >= 15 is 0 Å². The van der Waals surface area contributed by atoms with Crippen molar-refractivity contribution < 1.29 is 4.79 Å². The first-order valence-electron chi connectivity index (χ1n) is 5.29. The lowest BCUT2D eigenvalue weighted by Gasteiger charge is -2.27. The van der Waals surface area contributed by atoms with Gasteiger partial charge in [-0.2, -0.15) is 0 Å². The second-order valence-corrected chi connectivity index (χ2v) is 4.16. The van der Waals surface area contributed by atoms with Crippen LogP contribution in [0, 0.1) is 5.92 Å². The number of carbonyl (C=O) groups is 1. The molecule has 0 spiro atoms. The van der Waals surface area contributed by atoms with Crippen LogP contribution in [-0.2, 0) is 4.79 Å². The molecule has 0 saturated carbocycles. The van der Waals surface area contributed by atoms with Crippen LogP contribution < -0.4 is 5.73 Å². The average Bonchev–Trinajstić information content (AvgIpc) is 2.25. The molecule has 4 nitrogen and oxygen atoms in total. The van der Waals surface area contributed by atoms with Crippen molar-refractivity contribution in [2.45, 2.75) is 19.9 Å². The van der Waals surface area contributed by atoms with Crippen LogP contribution >= 0.6 is 0 Å². The maximum absolute atomic E-state index is 11.9. The molecular formula is C10H21N3O. The summed E-state index contributed by atoms with van der Waals surface area (Å²) in [6.45, 7) is 7.37. The van der Waals surface area contributed by atoms with Crippen LogP contribution in [0.1, 0.15) is 13.8 Å².